The van der Waals surface area contributed by atoms with Gasteiger partial charge in [0.25, 0.3) is 5.91 Å². The molecule has 1 amide bonds. The Hall–Kier alpha value is -2.57. The van der Waals surface area contributed by atoms with E-state index in [1.165, 1.54) is 0 Å². The maximum Gasteiger partial charge on any atom is 0.324 e. The van der Waals surface area contributed by atoms with E-state index in [0.717, 1.165) is 0 Å². The third kappa shape index (κ3) is 3.75. The highest BCUT2D eigenvalue weighted by atomic mass is 16.5. The molecule has 1 aliphatic heterocycles. The van der Waals surface area contributed by atoms with Gasteiger partial charge >= 0.3 is 6.01 Å². The van der Waals surface area contributed by atoms with Gasteiger partial charge in [0.1, 0.15) is 5.75 Å². The van der Waals surface area contributed by atoms with E-state index in [2.05, 4.69) is 10.1 Å². The fourth-order valence-corrected chi connectivity index (χ4v) is 2.79. The van der Waals surface area contributed by atoms with Crippen LogP contribution < -0.4 is 9.64 Å². The van der Waals surface area contributed by atoms with Crippen LogP contribution in [0.4, 0.5) is 6.01 Å². The molecule has 134 valence electrons. The number of benzene rings is 1. The van der Waals surface area contributed by atoms with Crippen molar-refractivity contribution in [1.29, 1.82) is 0 Å². The summed E-state index contributed by atoms with van der Waals surface area (Å²) in [5.74, 6) is 1.57. The van der Waals surface area contributed by atoms with Gasteiger partial charge in [0.05, 0.1) is 12.2 Å². The Kier molecular flexibility index (Phi) is 5.21. The monoisotopic (exact) mass is 344 g/mol. The molecule has 1 aliphatic rings. The number of aromatic nitrogens is 2. The molecule has 7 nitrogen and oxygen atoms in total. The Morgan fingerprint density at radius 2 is 1.96 bits per heavy atom. The fraction of sp³-hybridized carbons (Fsp3) is 0.500. The third-order valence-electron chi connectivity index (χ3n) is 4.20. The summed E-state index contributed by atoms with van der Waals surface area (Å²) in [7, 11) is 0. The minimum Gasteiger partial charge on any atom is -0.493 e. The Labute approximate surface area is 147 Å². The highest BCUT2D eigenvalue weighted by molar-refractivity contribution is 5.97. The molecule has 0 aliphatic carbocycles. The number of carbonyl (C=O) groups excluding carboxylic acids is 1. The number of hydrogen-bond acceptors (Lipinski definition) is 6. The van der Waals surface area contributed by atoms with Crippen LogP contribution in [0.15, 0.2) is 28.8 Å². The second-order valence-electron chi connectivity index (χ2n) is 6.30. The van der Waals surface area contributed by atoms with Crippen LogP contribution in [0.3, 0.4) is 0 Å². The van der Waals surface area contributed by atoms with Crippen molar-refractivity contribution in [3.63, 3.8) is 0 Å². The number of anilines is 1. The summed E-state index contributed by atoms with van der Waals surface area (Å²) in [6, 6.07) is 7.91. The zero-order chi connectivity index (χ0) is 17.8. The standard InChI is InChI=1S/C18H24N4O3/c1-4-24-15-8-6-5-7-14(15)17(23)21-9-11-22(12-10-21)18-19-16(13(2)3)20-25-18/h5-8,13H,4,9-12H2,1-3H3. The zero-order valence-electron chi connectivity index (χ0n) is 14.9. The van der Waals surface area contributed by atoms with E-state index in [1.54, 1.807) is 0 Å². The molecule has 2 heterocycles. The SMILES string of the molecule is CCOc1ccccc1C(=O)N1CCN(c2nc(C(C)C)no2)CC1. The molecule has 1 saturated heterocycles. The van der Waals surface area contributed by atoms with Gasteiger partial charge in [-0.2, -0.15) is 4.98 Å². The van der Waals surface area contributed by atoms with E-state index in [-0.39, 0.29) is 11.8 Å². The van der Waals surface area contributed by atoms with Crippen LogP contribution in [0.5, 0.6) is 5.75 Å². The topological polar surface area (TPSA) is 71.7 Å². The molecule has 25 heavy (non-hydrogen) atoms. The van der Waals surface area contributed by atoms with E-state index in [0.29, 0.717) is 55.9 Å². The average molecular weight is 344 g/mol. The third-order valence-corrected chi connectivity index (χ3v) is 4.20. The summed E-state index contributed by atoms with van der Waals surface area (Å²) in [5.41, 5.74) is 0.609. The second-order valence-corrected chi connectivity index (χ2v) is 6.30. The first-order valence-corrected chi connectivity index (χ1v) is 8.69. The largest absolute Gasteiger partial charge is 0.493 e. The Morgan fingerprint density at radius 1 is 1.24 bits per heavy atom. The zero-order valence-corrected chi connectivity index (χ0v) is 14.9. The van der Waals surface area contributed by atoms with Gasteiger partial charge < -0.3 is 19.1 Å². The summed E-state index contributed by atoms with van der Waals surface area (Å²) in [6.07, 6.45) is 0. The summed E-state index contributed by atoms with van der Waals surface area (Å²) < 4.78 is 10.9. The summed E-state index contributed by atoms with van der Waals surface area (Å²) >= 11 is 0. The smallest absolute Gasteiger partial charge is 0.324 e. The minimum absolute atomic E-state index is 0.00269. The number of carbonyl (C=O) groups is 1. The molecule has 0 bridgehead atoms. The summed E-state index contributed by atoms with van der Waals surface area (Å²) in [6.45, 7) is 9.06. The number of para-hydroxylation sites is 1. The molecule has 3 rings (SSSR count). The van der Waals surface area contributed by atoms with Crippen molar-refractivity contribution in [2.45, 2.75) is 26.7 Å². The molecule has 1 fully saturated rings. The lowest BCUT2D eigenvalue weighted by atomic mass is 10.1. The highest BCUT2D eigenvalue weighted by Gasteiger charge is 2.26. The minimum atomic E-state index is -0.00269. The number of rotatable bonds is 5. The lowest BCUT2D eigenvalue weighted by Gasteiger charge is -2.33. The van der Waals surface area contributed by atoms with Crippen molar-refractivity contribution < 1.29 is 14.1 Å². The lowest BCUT2D eigenvalue weighted by molar-refractivity contribution is 0.0740. The molecule has 7 heteroatoms. The summed E-state index contributed by atoms with van der Waals surface area (Å²) in [5, 5.41) is 4.00. The molecular weight excluding hydrogens is 320 g/mol. The van der Waals surface area contributed by atoms with Crippen molar-refractivity contribution >= 4 is 11.9 Å². The fourth-order valence-electron chi connectivity index (χ4n) is 2.79. The second kappa shape index (κ2) is 7.55. The first-order valence-electron chi connectivity index (χ1n) is 8.69. The molecule has 1 aromatic carbocycles. The number of amides is 1. The van der Waals surface area contributed by atoms with E-state index in [9.17, 15) is 4.79 Å². The summed E-state index contributed by atoms with van der Waals surface area (Å²) in [4.78, 5) is 21.1. The van der Waals surface area contributed by atoms with Gasteiger partial charge in [-0.15, -0.1) is 0 Å². The lowest BCUT2D eigenvalue weighted by Crippen LogP contribution is -2.49. The van der Waals surface area contributed by atoms with Gasteiger partial charge in [0, 0.05) is 32.1 Å². The van der Waals surface area contributed by atoms with Crippen LogP contribution in [-0.4, -0.2) is 53.7 Å². The highest BCUT2D eigenvalue weighted by Crippen LogP contribution is 2.22. The molecule has 0 atom stereocenters. The first-order chi connectivity index (χ1) is 12.1. The van der Waals surface area contributed by atoms with Gasteiger partial charge in [0.15, 0.2) is 5.82 Å². The number of ether oxygens (including phenoxy) is 1. The van der Waals surface area contributed by atoms with E-state index < -0.39 is 0 Å². The van der Waals surface area contributed by atoms with Gasteiger partial charge in [-0.3, -0.25) is 4.79 Å². The van der Waals surface area contributed by atoms with Crippen molar-refractivity contribution in [2.75, 3.05) is 37.7 Å². The number of hydrogen-bond donors (Lipinski definition) is 0. The molecule has 0 unspecified atom stereocenters. The van der Waals surface area contributed by atoms with Crippen molar-refractivity contribution in [2.24, 2.45) is 0 Å². The Bertz CT molecular complexity index is 721. The predicted octanol–water partition coefficient (Wildman–Crippen LogP) is 2.55. The number of nitrogens with zero attached hydrogens (tertiary/aromatic N) is 4. The normalized spacial score (nSPS) is 14.9. The Balaban J connectivity index is 1.64. The van der Waals surface area contributed by atoms with E-state index in [1.807, 2.05) is 54.8 Å². The molecule has 0 spiro atoms. The first kappa shape index (κ1) is 17.3. The van der Waals surface area contributed by atoms with Gasteiger partial charge in [-0.05, 0) is 19.1 Å². The van der Waals surface area contributed by atoms with Crippen LogP contribution in [0.25, 0.3) is 0 Å². The predicted molar refractivity (Wildman–Crippen MR) is 94.1 cm³/mol. The molecule has 0 saturated carbocycles. The molecule has 2 aromatic rings. The average Bonchev–Trinajstić information content (AvgIpc) is 3.12. The van der Waals surface area contributed by atoms with Crippen LogP contribution in [-0.2, 0) is 0 Å². The quantitative estimate of drug-likeness (QED) is 0.830. The van der Waals surface area contributed by atoms with E-state index >= 15 is 0 Å². The molecule has 1 aromatic heterocycles. The molecule has 0 N–H and O–H groups in total. The van der Waals surface area contributed by atoms with Crippen LogP contribution >= 0.6 is 0 Å². The van der Waals surface area contributed by atoms with Crippen molar-refractivity contribution in [1.82, 2.24) is 15.0 Å². The van der Waals surface area contributed by atoms with Crippen LogP contribution in [0.1, 0.15) is 42.9 Å². The van der Waals surface area contributed by atoms with Crippen LogP contribution in [0, 0.1) is 0 Å². The molecule has 0 radical (unpaired) electrons. The van der Waals surface area contributed by atoms with Crippen LogP contribution in [0.2, 0.25) is 0 Å². The Morgan fingerprint density at radius 3 is 2.60 bits per heavy atom. The van der Waals surface area contributed by atoms with Crippen molar-refractivity contribution in [3.8, 4) is 5.75 Å². The number of piperazine rings is 1. The van der Waals surface area contributed by atoms with Gasteiger partial charge in [-0.25, -0.2) is 0 Å². The molecular formula is C18H24N4O3. The van der Waals surface area contributed by atoms with E-state index in [4.69, 9.17) is 9.26 Å². The van der Waals surface area contributed by atoms with Gasteiger partial charge in [-0.1, -0.05) is 31.1 Å². The maximum absolute atomic E-state index is 12.8. The maximum atomic E-state index is 12.8. The van der Waals surface area contributed by atoms with Crippen molar-refractivity contribution in [3.05, 3.63) is 35.7 Å². The van der Waals surface area contributed by atoms with Gasteiger partial charge in [0.2, 0.25) is 0 Å².